The molecule has 0 bridgehead atoms. The van der Waals surface area contributed by atoms with Crippen LogP contribution in [-0.2, 0) is 0 Å². The monoisotopic (exact) mass is 359 g/mol. The highest BCUT2D eigenvalue weighted by Crippen LogP contribution is 2.37. The van der Waals surface area contributed by atoms with E-state index in [-0.39, 0.29) is 5.91 Å². The third-order valence-corrected chi connectivity index (χ3v) is 6.12. The number of hydrogen-bond donors (Lipinski definition) is 1. The number of piperidine rings is 1. The average molecular weight is 360 g/mol. The molecule has 0 aromatic heterocycles. The molecular weight excluding hydrogens is 326 g/mol. The summed E-state index contributed by atoms with van der Waals surface area (Å²) in [5, 5.41) is 3.48. The predicted octanol–water partition coefficient (Wildman–Crippen LogP) is 2.62. The van der Waals surface area contributed by atoms with Crippen LogP contribution in [0.4, 0.5) is 0 Å². The predicted molar refractivity (Wildman–Crippen MR) is 105 cm³/mol. The summed E-state index contributed by atoms with van der Waals surface area (Å²) in [6.45, 7) is 12.0. The molecule has 2 aliphatic heterocycles. The first-order valence-corrected chi connectivity index (χ1v) is 10.1. The molecule has 2 saturated heterocycles. The number of likely N-dealkylation sites (tertiary alicyclic amines) is 1. The van der Waals surface area contributed by atoms with Crippen molar-refractivity contribution >= 4 is 5.91 Å². The molecule has 1 aromatic rings. The van der Waals surface area contributed by atoms with Crippen molar-refractivity contribution in [3.05, 3.63) is 29.8 Å². The minimum atomic E-state index is 0.153. The molecule has 1 amide bonds. The third-order valence-electron chi connectivity index (χ3n) is 6.12. The lowest BCUT2D eigenvalue weighted by Gasteiger charge is -2.38. The summed E-state index contributed by atoms with van der Waals surface area (Å²) in [6, 6.07) is 7.64. The quantitative estimate of drug-likeness (QED) is 0.813. The molecule has 0 unspecified atom stereocenters. The molecule has 2 aliphatic rings. The Morgan fingerprint density at radius 3 is 2.42 bits per heavy atom. The number of amides is 1. The number of ether oxygens (including phenoxy) is 1. The number of nitrogens with one attached hydrogen (secondary N) is 1. The van der Waals surface area contributed by atoms with Crippen molar-refractivity contribution in [2.75, 3.05) is 52.4 Å². The maximum atomic E-state index is 12.8. The molecule has 0 saturated carbocycles. The highest BCUT2D eigenvalue weighted by molar-refractivity contribution is 5.94. The molecule has 5 nitrogen and oxygen atoms in total. The van der Waals surface area contributed by atoms with Gasteiger partial charge in [0.25, 0.3) is 5.91 Å². The van der Waals surface area contributed by atoms with Gasteiger partial charge in [0.1, 0.15) is 12.4 Å². The largest absolute Gasteiger partial charge is 0.492 e. The number of hydrogen-bond acceptors (Lipinski definition) is 4. The van der Waals surface area contributed by atoms with E-state index in [9.17, 15) is 4.79 Å². The first-order chi connectivity index (χ1) is 12.7. The van der Waals surface area contributed by atoms with Crippen molar-refractivity contribution in [3.8, 4) is 5.75 Å². The Labute approximate surface area is 157 Å². The van der Waals surface area contributed by atoms with Gasteiger partial charge in [0.15, 0.2) is 0 Å². The lowest BCUT2D eigenvalue weighted by Crippen LogP contribution is -2.44. The summed E-state index contributed by atoms with van der Waals surface area (Å²) in [6.07, 6.45) is 3.51. The number of carbonyl (C=O) groups excluding carboxylic acids is 1. The topological polar surface area (TPSA) is 44.8 Å². The summed E-state index contributed by atoms with van der Waals surface area (Å²) in [4.78, 5) is 17.1. The van der Waals surface area contributed by atoms with Crippen molar-refractivity contribution in [3.63, 3.8) is 0 Å². The van der Waals surface area contributed by atoms with E-state index in [1.54, 1.807) is 0 Å². The summed E-state index contributed by atoms with van der Waals surface area (Å²) < 4.78 is 5.81. The van der Waals surface area contributed by atoms with Gasteiger partial charge in [0.05, 0.1) is 0 Å². The zero-order valence-corrected chi connectivity index (χ0v) is 16.3. The number of benzene rings is 1. The van der Waals surface area contributed by atoms with E-state index in [0.717, 1.165) is 70.0 Å². The zero-order valence-electron chi connectivity index (χ0n) is 16.3. The first-order valence-electron chi connectivity index (χ1n) is 10.1. The maximum absolute atomic E-state index is 12.8. The van der Waals surface area contributed by atoms with Gasteiger partial charge in [-0.15, -0.1) is 0 Å². The van der Waals surface area contributed by atoms with Gasteiger partial charge < -0.3 is 19.9 Å². The summed E-state index contributed by atoms with van der Waals surface area (Å²) in [5.41, 5.74) is 1.21. The number of nitrogens with zero attached hydrogens (tertiary/aromatic N) is 2. The molecule has 3 rings (SSSR count). The van der Waals surface area contributed by atoms with E-state index in [0.29, 0.717) is 12.0 Å². The van der Waals surface area contributed by atoms with Crippen molar-refractivity contribution in [2.45, 2.75) is 33.1 Å². The normalized spacial score (nSPS) is 19.3. The Balaban J connectivity index is 1.48. The molecule has 1 N–H and O–H groups in total. The second kappa shape index (κ2) is 8.87. The van der Waals surface area contributed by atoms with E-state index < -0.39 is 0 Å². The van der Waals surface area contributed by atoms with Crippen molar-refractivity contribution in [1.29, 1.82) is 0 Å². The van der Waals surface area contributed by atoms with Gasteiger partial charge >= 0.3 is 0 Å². The van der Waals surface area contributed by atoms with Crippen LogP contribution in [0.1, 0.15) is 43.5 Å². The van der Waals surface area contributed by atoms with Crippen LogP contribution in [0.25, 0.3) is 0 Å². The minimum absolute atomic E-state index is 0.153. The van der Waals surface area contributed by atoms with Crippen LogP contribution in [0.5, 0.6) is 5.75 Å². The van der Waals surface area contributed by atoms with E-state index in [1.165, 1.54) is 6.42 Å². The molecule has 144 valence electrons. The molecule has 2 fully saturated rings. The molecule has 1 spiro atoms. The Kier molecular flexibility index (Phi) is 6.54. The molecule has 0 atom stereocenters. The summed E-state index contributed by atoms with van der Waals surface area (Å²) in [7, 11) is 0. The average Bonchev–Trinajstić information content (AvgIpc) is 3.14. The SMILES string of the molecule is CCN(CC)CCOc1ccc(C(=O)N2CCC3(CCNC3)CC2)cc1. The zero-order chi connectivity index (χ0) is 18.4. The third kappa shape index (κ3) is 4.57. The van der Waals surface area contributed by atoms with Crippen molar-refractivity contribution < 1.29 is 9.53 Å². The maximum Gasteiger partial charge on any atom is 0.253 e. The molecule has 2 heterocycles. The van der Waals surface area contributed by atoms with Crippen LogP contribution in [0.2, 0.25) is 0 Å². The molecular formula is C21H33N3O2. The van der Waals surface area contributed by atoms with E-state index in [2.05, 4.69) is 24.1 Å². The van der Waals surface area contributed by atoms with Gasteiger partial charge in [-0.1, -0.05) is 13.8 Å². The molecule has 0 aliphatic carbocycles. The Morgan fingerprint density at radius 1 is 1.15 bits per heavy atom. The highest BCUT2D eigenvalue weighted by Gasteiger charge is 2.38. The smallest absolute Gasteiger partial charge is 0.253 e. The van der Waals surface area contributed by atoms with Gasteiger partial charge in [0, 0.05) is 31.7 Å². The number of carbonyl (C=O) groups is 1. The van der Waals surface area contributed by atoms with Crippen LogP contribution in [0, 0.1) is 5.41 Å². The molecule has 0 radical (unpaired) electrons. The van der Waals surface area contributed by atoms with Crippen molar-refractivity contribution in [1.82, 2.24) is 15.1 Å². The second-order valence-corrected chi connectivity index (χ2v) is 7.62. The standard InChI is InChI=1S/C21H33N3O2/c1-3-23(4-2)15-16-26-19-7-5-18(6-8-19)20(25)24-13-10-21(11-14-24)9-12-22-17-21/h5-8,22H,3-4,9-17H2,1-2H3. The van der Waals surface area contributed by atoms with Gasteiger partial charge in [-0.3, -0.25) is 4.79 Å². The molecule has 5 heteroatoms. The van der Waals surface area contributed by atoms with E-state index >= 15 is 0 Å². The first kappa shape index (κ1) is 19.2. The lowest BCUT2D eigenvalue weighted by molar-refractivity contribution is 0.0607. The fourth-order valence-electron chi connectivity index (χ4n) is 4.12. The van der Waals surface area contributed by atoms with Crippen LogP contribution in [0.3, 0.4) is 0 Å². The Hall–Kier alpha value is -1.59. The van der Waals surface area contributed by atoms with Crippen LogP contribution < -0.4 is 10.1 Å². The van der Waals surface area contributed by atoms with E-state index in [4.69, 9.17) is 4.74 Å². The van der Waals surface area contributed by atoms with Crippen LogP contribution in [0.15, 0.2) is 24.3 Å². The fourth-order valence-corrected chi connectivity index (χ4v) is 4.12. The Morgan fingerprint density at radius 2 is 1.85 bits per heavy atom. The van der Waals surface area contributed by atoms with E-state index in [1.807, 2.05) is 29.2 Å². The summed E-state index contributed by atoms with van der Waals surface area (Å²) >= 11 is 0. The molecule has 26 heavy (non-hydrogen) atoms. The number of rotatable bonds is 7. The Bertz CT molecular complexity index is 567. The highest BCUT2D eigenvalue weighted by atomic mass is 16.5. The van der Waals surface area contributed by atoms with Gasteiger partial charge in [-0.05, 0) is 68.6 Å². The van der Waals surface area contributed by atoms with Crippen LogP contribution in [-0.4, -0.2) is 68.1 Å². The van der Waals surface area contributed by atoms with Crippen molar-refractivity contribution in [2.24, 2.45) is 5.41 Å². The van der Waals surface area contributed by atoms with Gasteiger partial charge in [0.2, 0.25) is 0 Å². The van der Waals surface area contributed by atoms with Gasteiger partial charge in [-0.2, -0.15) is 0 Å². The lowest BCUT2D eigenvalue weighted by atomic mass is 9.78. The number of likely N-dealkylation sites (N-methyl/N-ethyl adjacent to an activating group) is 1. The van der Waals surface area contributed by atoms with Gasteiger partial charge in [-0.25, -0.2) is 0 Å². The van der Waals surface area contributed by atoms with Crippen LogP contribution >= 0.6 is 0 Å². The second-order valence-electron chi connectivity index (χ2n) is 7.62. The summed E-state index contributed by atoms with van der Waals surface area (Å²) in [5.74, 6) is 0.990. The molecule has 1 aromatic carbocycles. The minimum Gasteiger partial charge on any atom is -0.492 e. The fraction of sp³-hybridized carbons (Fsp3) is 0.667.